The van der Waals surface area contributed by atoms with E-state index in [1.807, 2.05) is 0 Å². The second kappa shape index (κ2) is 19.8. The van der Waals surface area contributed by atoms with Crippen LogP contribution in [0.3, 0.4) is 0 Å². The molecule has 244 valence electrons. The maximum absolute atomic E-state index is 12.6. The van der Waals surface area contributed by atoms with Crippen molar-refractivity contribution >= 4 is 17.9 Å². The topological polar surface area (TPSA) is 97.4 Å². The number of unbranched alkanes of at least 4 members (excludes halogenated alkanes) is 4. The monoisotopic (exact) mass is 628 g/mol. The molecule has 0 saturated carbocycles. The number of carbonyl (C=O) groups is 3. The lowest BCUT2D eigenvalue weighted by Crippen LogP contribution is -2.09. The van der Waals surface area contributed by atoms with Crippen molar-refractivity contribution in [1.82, 2.24) is 0 Å². The van der Waals surface area contributed by atoms with E-state index in [-0.39, 0.29) is 15.7 Å². The Morgan fingerprint density at radius 2 is 1.11 bits per heavy atom. The van der Waals surface area contributed by atoms with E-state index in [4.69, 9.17) is 30.1 Å². The highest BCUT2D eigenvalue weighted by atomic mass is 16.5. The van der Waals surface area contributed by atoms with E-state index < -0.39 is 17.9 Å². The first-order valence-electron chi connectivity index (χ1n) is 14.3. The van der Waals surface area contributed by atoms with Crippen LogP contribution in [0.2, 0.25) is 0 Å². The Morgan fingerprint density at radius 1 is 0.630 bits per heavy atom. The van der Waals surface area contributed by atoms with Crippen LogP contribution in [0.5, 0.6) is 23.0 Å². The van der Waals surface area contributed by atoms with E-state index in [9.17, 15) is 14.4 Å². The zero-order valence-corrected chi connectivity index (χ0v) is 25.0. The van der Waals surface area contributed by atoms with Crippen LogP contribution in [0.15, 0.2) is 85.5 Å². The fourth-order valence-electron chi connectivity index (χ4n) is 3.65. The number of terminal acetylenes is 1. The van der Waals surface area contributed by atoms with E-state index in [1.165, 1.54) is 36.4 Å². The highest BCUT2D eigenvalue weighted by molar-refractivity contribution is 5.92. The number of benzene rings is 3. The van der Waals surface area contributed by atoms with Crippen molar-refractivity contribution in [2.24, 2.45) is 0 Å². The minimum Gasteiger partial charge on any atom is -0.494 e. The van der Waals surface area contributed by atoms with E-state index >= 15 is 0 Å². The summed E-state index contributed by atoms with van der Waals surface area (Å²) in [7, 11) is 0. The van der Waals surface area contributed by atoms with Crippen molar-refractivity contribution in [2.75, 3.05) is 13.2 Å². The maximum Gasteiger partial charge on any atom is 0.343 e. The Kier molecular flexibility index (Phi) is 14.7. The molecule has 0 N–H and O–H groups in total. The van der Waals surface area contributed by atoms with Gasteiger partial charge in [0.1, 0.15) is 29.1 Å². The van der Waals surface area contributed by atoms with E-state index in [0.717, 1.165) is 38.2 Å². The van der Waals surface area contributed by atoms with Gasteiger partial charge in [0.2, 0.25) is 0 Å². The van der Waals surface area contributed by atoms with Crippen LogP contribution in [-0.4, -0.2) is 31.1 Å². The molecular weight excluding hydrogens is 584 g/mol. The number of carbonyl (C=O) groups excluding carboxylic acids is 3. The number of ether oxygens (including phenoxy) is 5. The molecule has 8 nitrogen and oxygen atoms in total. The van der Waals surface area contributed by atoms with Gasteiger partial charge in [-0.2, -0.15) is 0 Å². The Labute approximate surface area is 279 Å². The van der Waals surface area contributed by atoms with Crippen molar-refractivity contribution in [1.29, 1.82) is 0 Å². The Balaban J connectivity index is -0.00000110. The first kappa shape index (κ1) is 34.1. The third-order valence-corrected chi connectivity index (χ3v) is 5.94. The highest BCUT2D eigenvalue weighted by Gasteiger charge is 2.12. The predicted octanol–water partition coefficient (Wildman–Crippen LogP) is 7.89. The maximum atomic E-state index is 12.6. The van der Waals surface area contributed by atoms with Crippen molar-refractivity contribution in [3.05, 3.63) is 96.6 Å². The van der Waals surface area contributed by atoms with Crippen LogP contribution in [0.1, 0.15) is 62.8 Å². The lowest BCUT2D eigenvalue weighted by molar-refractivity contribution is -0.137. The third kappa shape index (κ3) is 12.9. The number of esters is 3. The third-order valence-electron chi connectivity index (χ3n) is 5.94. The van der Waals surface area contributed by atoms with Gasteiger partial charge in [0, 0.05) is 33.8 Å². The molecule has 0 heterocycles. The summed E-state index contributed by atoms with van der Waals surface area (Å²) in [5.41, 5.74) is 0.661. The summed E-state index contributed by atoms with van der Waals surface area (Å²) >= 11 is 0. The lowest BCUT2D eigenvalue weighted by Gasteiger charge is -2.09. The molecule has 46 heavy (non-hydrogen) atoms. The van der Waals surface area contributed by atoms with Gasteiger partial charge in [0.25, 0.3) is 0 Å². The molecule has 0 bridgehead atoms. The van der Waals surface area contributed by atoms with Gasteiger partial charge in [-0.1, -0.05) is 25.8 Å². The van der Waals surface area contributed by atoms with Crippen LogP contribution in [0, 0.1) is 48.1 Å². The molecule has 3 rings (SSSR count). The Morgan fingerprint density at radius 3 is 1.67 bits per heavy atom. The normalized spacial score (nSPS) is 9.28. The molecule has 3 aromatic carbocycles. The first-order valence-corrected chi connectivity index (χ1v) is 14.3. The van der Waals surface area contributed by atoms with Gasteiger partial charge in [-0.05, 0) is 103 Å². The highest BCUT2D eigenvalue weighted by Crippen LogP contribution is 2.21. The first-order chi connectivity index (χ1) is 22.5. The predicted molar refractivity (Wildman–Crippen MR) is 187 cm³/mol. The van der Waals surface area contributed by atoms with Gasteiger partial charge >= 0.3 is 17.9 Å². The number of hydrogen-bond acceptors (Lipinski definition) is 8. The largest absolute Gasteiger partial charge is 0.494 e. The summed E-state index contributed by atoms with van der Waals surface area (Å²) in [6, 6.07) is 19.0. The molecule has 0 saturated heterocycles. The summed E-state index contributed by atoms with van der Waals surface area (Å²) in [4.78, 5) is 36.1. The van der Waals surface area contributed by atoms with Crippen LogP contribution in [0.25, 0.3) is 0 Å². The average molecular weight is 629 g/mol. The zero-order chi connectivity index (χ0) is 32.8. The van der Waals surface area contributed by atoms with Crippen LogP contribution in [-0.2, 0) is 9.53 Å². The summed E-state index contributed by atoms with van der Waals surface area (Å²) in [5, 5.41) is 0. The van der Waals surface area contributed by atoms with Crippen molar-refractivity contribution in [3.8, 4) is 71.1 Å². The average Bonchev–Trinajstić information content (AvgIpc) is 3.08. The van der Waals surface area contributed by atoms with Gasteiger partial charge in [-0.15, -0.1) is 6.42 Å². The van der Waals surface area contributed by atoms with Crippen molar-refractivity contribution in [3.63, 3.8) is 0 Å². The molecule has 0 radical (unpaired) electrons. The summed E-state index contributed by atoms with van der Waals surface area (Å²) in [5.74, 6) is 14.4. The molecule has 0 amide bonds. The van der Waals surface area contributed by atoms with E-state index in [0.29, 0.717) is 41.6 Å². The molecule has 8 heteroatoms. The summed E-state index contributed by atoms with van der Waals surface area (Å²) in [6.45, 7) is 4.33. The quantitative estimate of drug-likeness (QED) is 0.0551. The molecule has 0 aliphatic rings. The van der Waals surface area contributed by atoms with Gasteiger partial charge in [-0.3, -0.25) is 0 Å². The fraction of sp³-hybridized carbons (Fsp3) is 0.184. The van der Waals surface area contributed by atoms with Gasteiger partial charge in [-0.25, -0.2) is 14.4 Å². The molecule has 0 aliphatic carbocycles. The molecule has 0 aliphatic heterocycles. The van der Waals surface area contributed by atoms with Crippen LogP contribution < -0.4 is 18.9 Å². The minimum absolute atomic E-state index is 0. The number of hydrogen-bond donors (Lipinski definition) is 0. The smallest absolute Gasteiger partial charge is 0.343 e. The summed E-state index contributed by atoms with van der Waals surface area (Å²) in [6.07, 6.45) is 13.3. The SMILES string of the molecule is C#CC#CC#CC#COc1ccc(C(=O)Oc2ccc(OC(=O)c3ccc(OCCCCCCCOC(=O)C=C)cc3)cc2)cc1.[HH].[HH].[HH].[HH].[HH].[HH].[HH]. The molecule has 0 spiro atoms. The van der Waals surface area contributed by atoms with E-state index in [1.54, 1.807) is 36.4 Å². The van der Waals surface area contributed by atoms with Gasteiger partial charge in [0.15, 0.2) is 0 Å². The second-order valence-corrected chi connectivity index (χ2v) is 9.26. The Hall–Kier alpha value is -6.35. The molecule has 3 aromatic rings. The minimum atomic E-state index is -0.577. The zero-order valence-electron chi connectivity index (χ0n) is 25.0. The Bertz CT molecular complexity index is 1740. The van der Waals surface area contributed by atoms with Crippen molar-refractivity contribution in [2.45, 2.75) is 32.1 Å². The fourth-order valence-corrected chi connectivity index (χ4v) is 3.65. The molecule has 0 atom stereocenters. The van der Waals surface area contributed by atoms with Gasteiger partial charge in [0.05, 0.1) is 24.3 Å². The second-order valence-electron chi connectivity index (χ2n) is 9.26. The standard InChI is InChI=1S/C38H30O8.7H2/c1-3-5-6-7-9-12-27-42-32-19-15-30(16-20-32)37(40)45-34-23-25-35(26-24-34)46-38(41)31-17-21-33(22-18-31)43-28-13-10-8-11-14-29-44-36(39)4-2;;;;;;;/h1,4,15-26H,2,8,10-11,13-14,28-29H2;7*1H. The van der Waals surface area contributed by atoms with E-state index in [2.05, 4.69) is 48.2 Å². The van der Waals surface area contributed by atoms with Crippen LogP contribution in [0.4, 0.5) is 0 Å². The molecule has 0 unspecified atom stereocenters. The molecule has 0 aromatic heterocycles. The number of rotatable bonds is 15. The summed E-state index contributed by atoms with van der Waals surface area (Å²) < 4.78 is 26.8. The van der Waals surface area contributed by atoms with Crippen molar-refractivity contribution < 1.29 is 48.1 Å². The molecule has 0 fully saturated rings. The molecular formula is C38H44O8. The van der Waals surface area contributed by atoms with Gasteiger partial charge < -0.3 is 23.7 Å². The van der Waals surface area contributed by atoms with Crippen LogP contribution >= 0.6 is 0 Å². The lowest BCUT2D eigenvalue weighted by atomic mass is 10.1.